The molecule has 1 aliphatic rings. The molecule has 0 radical (unpaired) electrons. The summed E-state index contributed by atoms with van der Waals surface area (Å²) in [6.07, 6.45) is 0. The third-order valence-corrected chi connectivity index (χ3v) is 4.91. The summed E-state index contributed by atoms with van der Waals surface area (Å²) in [6, 6.07) is 14.1. The quantitative estimate of drug-likeness (QED) is 0.514. The molecule has 148 valence electrons. The zero-order valence-corrected chi connectivity index (χ0v) is 15.8. The number of methoxy groups -OCH3 is 1. The van der Waals surface area contributed by atoms with Crippen molar-refractivity contribution in [2.24, 2.45) is 0 Å². The van der Waals surface area contributed by atoms with Gasteiger partial charge >= 0.3 is 0 Å². The number of anilines is 1. The molecule has 1 heterocycles. The van der Waals surface area contributed by atoms with Crippen molar-refractivity contribution in [3.05, 3.63) is 64.2 Å². The van der Waals surface area contributed by atoms with Crippen molar-refractivity contribution in [1.82, 2.24) is 0 Å². The number of carbonyl (C=O) groups is 1. The fourth-order valence-corrected chi connectivity index (χ4v) is 3.21. The minimum Gasteiger partial charge on any atom is -0.497 e. The second-order valence-corrected chi connectivity index (χ2v) is 6.66. The third kappa shape index (κ3) is 3.52. The molecule has 0 saturated carbocycles. The van der Waals surface area contributed by atoms with Crippen LogP contribution in [0.4, 0.5) is 11.4 Å². The molecule has 1 aliphatic heterocycles. The molecule has 0 saturated heterocycles. The maximum absolute atomic E-state index is 12.8. The van der Waals surface area contributed by atoms with Crippen LogP contribution in [0.1, 0.15) is 18.4 Å². The molecule has 8 heteroatoms. The number of hydrogen-bond acceptors (Lipinski definition) is 6. The number of rotatable bonds is 5. The van der Waals surface area contributed by atoms with E-state index in [0.29, 0.717) is 5.75 Å². The molecule has 3 aromatic rings. The summed E-state index contributed by atoms with van der Waals surface area (Å²) in [5.41, 5.74) is 0.616. The number of amides is 1. The Hall–Kier alpha value is -3.81. The summed E-state index contributed by atoms with van der Waals surface area (Å²) in [7, 11) is 1.61. The lowest BCUT2D eigenvalue weighted by Gasteiger charge is -2.14. The summed E-state index contributed by atoms with van der Waals surface area (Å²) in [5, 5.41) is 16.0. The molecule has 0 unspecified atom stereocenters. The van der Waals surface area contributed by atoms with Crippen LogP contribution in [0.25, 0.3) is 10.8 Å². The maximum Gasteiger partial charge on any atom is 0.296 e. The van der Waals surface area contributed by atoms with Gasteiger partial charge in [0.25, 0.3) is 5.69 Å². The molecule has 4 rings (SSSR count). The number of fused-ring (bicyclic) bond motifs is 2. The molecular formula is C21H18N2O6. The number of nitro groups is 1. The predicted octanol–water partition coefficient (Wildman–Crippen LogP) is 4.23. The van der Waals surface area contributed by atoms with E-state index in [-0.39, 0.29) is 29.8 Å². The first-order chi connectivity index (χ1) is 14.0. The molecule has 0 fully saturated rings. The normalized spacial score (nSPS) is 13.2. The van der Waals surface area contributed by atoms with Gasteiger partial charge in [-0.2, -0.15) is 0 Å². The monoisotopic (exact) mass is 394 g/mol. The van der Waals surface area contributed by atoms with Crippen LogP contribution < -0.4 is 19.5 Å². The van der Waals surface area contributed by atoms with E-state index in [1.807, 2.05) is 36.4 Å². The second-order valence-electron chi connectivity index (χ2n) is 6.66. The lowest BCUT2D eigenvalue weighted by Crippen LogP contribution is -2.19. The summed E-state index contributed by atoms with van der Waals surface area (Å²) >= 11 is 0. The fraction of sp³-hybridized carbons (Fsp3) is 0.190. The molecule has 0 bridgehead atoms. The van der Waals surface area contributed by atoms with Gasteiger partial charge in [0, 0.05) is 6.07 Å². The van der Waals surface area contributed by atoms with Crippen molar-refractivity contribution in [2.45, 2.75) is 12.8 Å². The average Bonchev–Trinajstić information content (AvgIpc) is 3.19. The van der Waals surface area contributed by atoms with Gasteiger partial charge in [0.05, 0.1) is 24.0 Å². The highest BCUT2D eigenvalue weighted by atomic mass is 16.7. The van der Waals surface area contributed by atoms with Crippen molar-refractivity contribution in [2.75, 3.05) is 19.2 Å². The van der Waals surface area contributed by atoms with Crippen LogP contribution in [0.15, 0.2) is 48.5 Å². The number of hydrogen-bond donors (Lipinski definition) is 1. The lowest BCUT2D eigenvalue weighted by atomic mass is 9.97. The van der Waals surface area contributed by atoms with Crippen LogP contribution in [0.2, 0.25) is 0 Å². The number of nitrogens with zero attached hydrogens (tertiary/aromatic N) is 1. The Morgan fingerprint density at radius 1 is 1.10 bits per heavy atom. The molecule has 0 aromatic heterocycles. The lowest BCUT2D eigenvalue weighted by molar-refractivity contribution is -0.384. The van der Waals surface area contributed by atoms with Crippen LogP contribution in [-0.2, 0) is 4.79 Å². The number of benzene rings is 3. The highest BCUT2D eigenvalue weighted by Crippen LogP contribution is 2.41. The Morgan fingerprint density at radius 3 is 2.52 bits per heavy atom. The van der Waals surface area contributed by atoms with Gasteiger partial charge in [0.1, 0.15) is 11.4 Å². The Morgan fingerprint density at radius 2 is 1.79 bits per heavy atom. The zero-order chi connectivity index (χ0) is 20.5. The summed E-state index contributed by atoms with van der Waals surface area (Å²) < 4.78 is 15.7. The van der Waals surface area contributed by atoms with Gasteiger partial charge in [-0.3, -0.25) is 14.9 Å². The van der Waals surface area contributed by atoms with Crippen molar-refractivity contribution in [1.29, 1.82) is 0 Å². The van der Waals surface area contributed by atoms with E-state index in [1.54, 1.807) is 14.0 Å². The highest BCUT2D eigenvalue weighted by molar-refractivity contribution is 5.98. The fourth-order valence-electron chi connectivity index (χ4n) is 3.21. The highest BCUT2D eigenvalue weighted by Gasteiger charge is 2.26. The molecular weight excluding hydrogens is 376 g/mol. The van der Waals surface area contributed by atoms with Gasteiger partial charge in [-0.15, -0.1) is 0 Å². The minimum absolute atomic E-state index is 0.0117. The Balaban J connectivity index is 1.60. The Labute approximate surface area is 166 Å². The number of ether oxygens (including phenoxy) is 3. The summed E-state index contributed by atoms with van der Waals surface area (Å²) in [4.78, 5) is 23.6. The van der Waals surface area contributed by atoms with E-state index < -0.39 is 10.8 Å². The van der Waals surface area contributed by atoms with Gasteiger partial charge in [-0.1, -0.05) is 24.3 Å². The molecule has 29 heavy (non-hydrogen) atoms. The van der Waals surface area contributed by atoms with Crippen molar-refractivity contribution >= 4 is 28.1 Å². The summed E-state index contributed by atoms with van der Waals surface area (Å²) in [5.74, 6) is 0.517. The molecule has 1 atom stereocenters. The number of nitrogens with one attached hydrogen (secondary N) is 1. The van der Waals surface area contributed by atoms with Crippen LogP contribution in [0, 0.1) is 10.1 Å². The standard InChI is InChI=1S/C21H18N2O6/c1-12(13-3-4-15-8-16(27-2)6-5-14(15)7-13)21(24)22-17-9-19-20(29-11-28-19)10-18(17)23(25)26/h3-10,12H,11H2,1-2H3,(H,22,24)/t12-/m0/s1. The van der Waals surface area contributed by atoms with E-state index >= 15 is 0 Å². The van der Waals surface area contributed by atoms with Gasteiger partial charge in [-0.05, 0) is 35.4 Å². The Bertz CT molecular complexity index is 1130. The first-order valence-corrected chi connectivity index (χ1v) is 8.93. The number of carbonyl (C=O) groups excluding carboxylic acids is 1. The van der Waals surface area contributed by atoms with Crippen molar-refractivity contribution < 1.29 is 23.9 Å². The third-order valence-electron chi connectivity index (χ3n) is 4.91. The largest absolute Gasteiger partial charge is 0.497 e. The van der Waals surface area contributed by atoms with E-state index in [9.17, 15) is 14.9 Å². The van der Waals surface area contributed by atoms with E-state index in [2.05, 4.69) is 5.32 Å². The molecule has 8 nitrogen and oxygen atoms in total. The molecule has 0 spiro atoms. The maximum atomic E-state index is 12.8. The van der Waals surface area contributed by atoms with Crippen LogP contribution in [-0.4, -0.2) is 24.7 Å². The molecule has 1 amide bonds. The van der Waals surface area contributed by atoms with Gasteiger partial charge in [-0.25, -0.2) is 0 Å². The minimum atomic E-state index is -0.564. The molecule has 1 N–H and O–H groups in total. The van der Waals surface area contributed by atoms with Crippen molar-refractivity contribution in [3.8, 4) is 17.2 Å². The SMILES string of the molecule is COc1ccc2cc([C@H](C)C(=O)Nc3cc4c(cc3[N+](=O)[O-])OCO4)ccc2c1. The Kier molecular flexibility index (Phi) is 4.67. The topological polar surface area (TPSA) is 99.9 Å². The van der Waals surface area contributed by atoms with Gasteiger partial charge < -0.3 is 19.5 Å². The van der Waals surface area contributed by atoms with Crippen LogP contribution in [0.5, 0.6) is 17.2 Å². The van der Waals surface area contributed by atoms with E-state index in [4.69, 9.17) is 14.2 Å². The first kappa shape index (κ1) is 18.5. The number of nitro benzene ring substituents is 1. The van der Waals surface area contributed by atoms with E-state index in [1.165, 1.54) is 12.1 Å². The second kappa shape index (κ2) is 7.31. The zero-order valence-electron chi connectivity index (χ0n) is 15.8. The van der Waals surface area contributed by atoms with Gasteiger partial charge in [0.15, 0.2) is 11.5 Å². The average molecular weight is 394 g/mol. The van der Waals surface area contributed by atoms with Crippen molar-refractivity contribution in [3.63, 3.8) is 0 Å². The van der Waals surface area contributed by atoms with Crippen LogP contribution >= 0.6 is 0 Å². The van der Waals surface area contributed by atoms with Gasteiger partial charge in [0.2, 0.25) is 12.7 Å². The molecule has 3 aromatic carbocycles. The summed E-state index contributed by atoms with van der Waals surface area (Å²) in [6.45, 7) is 1.74. The predicted molar refractivity (Wildman–Crippen MR) is 107 cm³/mol. The smallest absolute Gasteiger partial charge is 0.296 e. The molecule has 0 aliphatic carbocycles. The van der Waals surface area contributed by atoms with Crippen LogP contribution in [0.3, 0.4) is 0 Å². The first-order valence-electron chi connectivity index (χ1n) is 8.93. The van der Waals surface area contributed by atoms with E-state index in [0.717, 1.165) is 22.1 Å².